The van der Waals surface area contributed by atoms with E-state index in [1.54, 1.807) is 16.8 Å². The zero-order valence-corrected chi connectivity index (χ0v) is 13.2. The summed E-state index contributed by atoms with van der Waals surface area (Å²) >= 11 is 0. The SMILES string of the molecule is C=CC(=O)N(CCC(F)F)c1ccc(-n2cc(C3CC3)cn2)cc1. The summed E-state index contributed by atoms with van der Waals surface area (Å²) in [5.74, 6) is 0.242. The second-order valence-electron chi connectivity index (χ2n) is 5.88. The van der Waals surface area contributed by atoms with Gasteiger partial charge in [-0.3, -0.25) is 4.79 Å². The number of aromatic nitrogens is 2. The average Bonchev–Trinajstić information content (AvgIpc) is 3.32. The lowest BCUT2D eigenvalue weighted by Crippen LogP contribution is -2.31. The molecule has 0 atom stereocenters. The van der Waals surface area contributed by atoms with E-state index in [-0.39, 0.29) is 13.0 Å². The van der Waals surface area contributed by atoms with E-state index in [9.17, 15) is 13.6 Å². The van der Waals surface area contributed by atoms with Crippen LogP contribution in [0.25, 0.3) is 5.69 Å². The summed E-state index contributed by atoms with van der Waals surface area (Å²) in [6.45, 7) is 3.39. The third-order valence-corrected chi connectivity index (χ3v) is 4.09. The van der Waals surface area contributed by atoms with E-state index in [4.69, 9.17) is 0 Å². The van der Waals surface area contributed by atoms with Gasteiger partial charge >= 0.3 is 0 Å². The van der Waals surface area contributed by atoms with Gasteiger partial charge in [-0.05, 0) is 54.7 Å². The zero-order valence-electron chi connectivity index (χ0n) is 13.2. The molecule has 0 spiro atoms. The molecule has 2 aromatic rings. The Morgan fingerprint density at radius 3 is 2.67 bits per heavy atom. The highest BCUT2D eigenvalue weighted by Crippen LogP contribution is 2.39. The summed E-state index contributed by atoms with van der Waals surface area (Å²) in [5, 5.41) is 4.35. The van der Waals surface area contributed by atoms with Gasteiger partial charge < -0.3 is 4.90 Å². The van der Waals surface area contributed by atoms with Gasteiger partial charge in [-0.2, -0.15) is 5.10 Å². The van der Waals surface area contributed by atoms with E-state index in [2.05, 4.69) is 11.7 Å². The first kappa shape index (κ1) is 16.4. The largest absolute Gasteiger partial charge is 0.309 e. The number of halogens is 2. The second kappa shape index (κ2) is 6.95. The van der Waals surface area contributed by atoms with Gasteiger partial charge in [0.1, 0.15) is 0 Å². The van der Waals surface area contributed by atoms with Crippen LogP contribution in [0, 0.1) is 0 Å². The molecular weight excluding hydrogens is 312 g/mol. The molecule has 0 N–H and O–H groups in total. The van der Waals surface area contributed by atoms with Gasteiger partial charge in [-0.15, -0.1) is 0 Å². The standard InChI is InChI=1S/C18H19F2N3O/c1-2-18(24)22(10-9-17(19)20)15-5-7-16(8-6-15)23-12-14(11-21-23)13-3-4-13/h2,5-8,11-13,17H,1,3-4,9-10H2. The van der Waals surface area contributed by atoms with Crippen molar-refractivity contribution in [3.05, 3.63) is 54.9 Å². The van der Waals surface area contributed by atoms with Crippen LogP contribution in [-0.2, 0) is 4.79 Å². The number of hydrogen-bond donors (Lipinski definition) is 0. The molecule has 1 fully saturated rings. The van der Waals surface area contributed by atoms with Crippen molar-refractivity contribution in [1.29, 1.82) is 0 Å². The maximum atomic E-state index is 12.5. The molecule has 1 aromatic carbocycles. The van der Waals surface area contributed by atoms with Gasteiger partial charge in [0.25, 0.3) is 0 Å². The summed E-state index contributed by atoms with van der Waals surface area (Å²) in [6, 6.07) is 7.12. The van der Waals surface area contributed by atoms with E-state index >= 15 is 0 Å². The molecule has 0 aliphatic heterocycles. The molecule has 0 saturated heterocycles. The molecule has 0 unspecified atom stereocenters. The molecule has 0 bridgehead atoms. The van der Waals surface area contributed by atoms with Gasteiger partial charge in [0.2, 0.25) is 12.3 Å². The van der Waals surface area contributed by atoms with Crippen LogP contribution in [-0.4, -0.2) is 28.7 Å². The van der Waals surface area contributed by atoms with Crippen LogP contribution in [0.1, 0.15) is 30.7 Å². The lowest BCUT2D eigenvalue weighted by atomic mass is 10.2. The molecule has 1 heterocycles. The van der Waals surface area contributed by atoms with Crippen molar-refractivity contribution < 1.29 is 13.6 Å². The predicted molar refractivity (Wildman–Crippen MR) is 88.7 cm³/mol. The van der Waals surface area contributed by atoms with E-state index < -0.39 is 12.3 Å². The zero-order chi connectivity index (χ0) is 17.1. The third-order valence-electron chi connectivity index (χ3n) is 4.09. The first-order chi connectivity index (χ1) is 11.6. The van der Waals surface area contributed by atoms with E-state index in [0.717, 1.165) is 11.8 Å². The maximum absolute atomic E-state index is 12.5. The van der Waals surface area contributed by atoms with Crippen molar-refractivity contribution in [3.63, 3.8) is 0 Å². The number of benzene rings is 1. The molecule has 3 rings (SSSR count). The van der Waals surface area contributed by atoms with Crippen molar-refractivity contribution in [2.45, 2.75) is 31.6 Å². The highest BCUT2D eigenvalue weighted by atomic mass is 19.3. The highest BCUT2D eigenvalue weighted by molar-refractivity contribution is 6.01. The summed E-state index contributed by atoms with van der Waals surface area (Å²) in [7, 11) is 0. The van der Waals surface area contributed by atoms with E-state index in [1.807, 2.05) is 24.5 Å². The van der Waals surface area contributed by atoms with Crippen LogP contribution in [0.5, 0.6) is 0 Å². The number of alkyl halides is 2. The summed E-state index contributed by atoms with van der Waals surface area (Å²) in [4.78, 5) is 13.2. The van der Waals surface area contributed by atoms with E-state index in [1.165, 1.54) is 23.3 Å². The molecule has 6 heteroatoms. The lowest BCUT2D eigenvalue weighted by Gasteiger charge is -2.21. The Morgan fingerprint density at radius 2 is 2.08 bits per heavy atom. The fraction of sp³-hybridized carbons (Fsp3) is 0.333. The van der Waals surface area contributed by atoms with Gasteiger partial charge in [0.05, 0.1) is 11.9 Å². The summed E-state index contributed by atoms with van der Waals surface area (Å²) < 4.78 is 26.7. The van der Waals surface area contributed by atoms with Crippen LogP contribution in [0.15, 0.2) is 49.3 Å². The van der Waals surface area contributed by atoms with Crippen molar-refractivity contribution in [2.24, 2.45) is 0 Å². The monoisotopic (exact) mass is 331 g/mol. The van der Waals surface area contributed by atoms with Gasteiger partial charge in [-0.25, -0.2) is 13.5 Å². The normalized spacial score (nSPS) is 14.0. The molecule has 0 radical (unpaired) electrons. The molecular formula is C18H19F2N3O. The van der Waals surface area contributed by atoms with Crippen molar-refractivity contribution >= 4 is 11.6 Å². The Balaban J connectivity index is 1.77. The van der Waals surface area contributed by atoms with Gasteiger partial charge in [0.15, 0.2) is 0 Å². The first-order valence-corrected chi connectivity index (χ1v) is 7.95. The minimum absolute atomic E-state index is 0.0462. The number of rotatable bonds is 7. The molecule has 1 aromatic heterocycles. The van der Waals surface area contributed by atoms with Gasteiger partial charge in [0, 0.05) is 24.8 Å². The van der Waals surface area contributed by atoms with Crippen LogP contribution in [0.4, 0.5) is 14.5 Å². The fourth-order valence-corrected chi connectivity index (χ4v) is 2.59. The van der Waals surface area contributed by atoms with Crippen molar-refractivity contribution in [1.82, 2.24) is 9.78 Å². The highest BCUT2D eigenvalue weighted by Gasteiger charge is 2.25. The van der Waals surface area contributed by atoms with Crippen LogP contribution in [0.2, 0.25) is 0 Å². The molecule has 1 amide bonds. The Bertz CT molecular complexity index is 720. The number of anilines is 1. The fourth-order valence-electron chi connectivity index (χ4n) is 2.59. The number of carbonyl (C=O) groups excluding carboxylic acids is 1. The number of carbonyl (C=O) groups is 1. The maximum Gasteiger partial charge on any atom is 0.250 e. The molecule has 1 aliphatic carbocycles. The Morgan fingerprint density at radius 1 is 1.38 bits per heavy atom. The lowest BCUT2D eigenvalue weighted by molar-refractivity contribution is -0.114. The smallest absolute Gasteiger partial charge is 0.250 e. The third kappa shape index (κ3) is 3.69. The minimum atomic E-state index is -2.45. The Labute approximate surface area is 139 Å². The molecule has 1 aliphatic rings. The predicted octanol–water partition coefficient (Wildman–Crippen LogP) is 3.92. The van der Waals surface area contributed by atoms with Crippen LogP contribution < -0.4 is 4.90 Å². The quantitative estimate of drug-likeness (QED) is 0.721. The minimum Gasteiger partial charge on any atom is -0.309 e. The van der Waals surface area contributed by atoms with Crippen molar-refractivity contribution in [3.8, 4) is 5.69 Å². The molecule has 24 heavy (non-hydrogen) atoms. The topological polar surface area (TPSA) is 38.1 Å². The number of amides is 1. The molecule has 4 nitrogen and oxygen atoms in total. The Kier molecular flexibility index (Phi) is 4.74. The second-order valence-corrected chi connectivity index (χ2v) is 5.88. The summed E-state index contributed by atoms with van der Waals surface area (Å²) in [6.07, 6.45) is 4.63. The molecule has 126 valence electrons. The first-order valence-electron chi connectivity index (χ1n) is 7.95. The molecule has 1 saturated carbocycles. The van der Waals surface area contributed by atoms with Crippen LogP contribution >= 0.6 is 0 Å². The van der Waals surface area contributed by atoms with Gasteiger partial charge in [-0.1, -0.05) is 6.58 Å². The number of hydrogen-bond acceptors (Lipinski definition) is 2. The van der Waals surface area contributed by atoms with Crippen LogP contribution in [0.3, 0.4) is 0 Å². The van der Waals surface area contributed by atoms with Crippen molar-refractivity contribution in [2.75, 3.05) is 11.4 Å². The summed E-state index contributed by atoms with van der Waals surface area (Å²) in [5.41, 5.74) is 2.67. The Hall–Kier alpha value is -2.50. The average molecular weight is 331 g/mol. The van der Waals surface area contributed by atoms with E-state index in [0.29, 0.717) is 11.6 Å². The number of nitrogens with zero attached hydrogens (tertiary/aromatic N) is 3.